The maximum Gasteiger partial charge on any atom is 0.255 e. The molecule has 4 aromatic rings. The topological polar surface area (TPSA) is 81.7 Å². The predicted molar refractivity (Wildman–Crippen MR) is 97.8 cm³/mol. The van der Waals surface area contributed by atoms with E-state index in [1.807, 2.05) is 33.7 Å². The van der Waals surface area contributed by atoms with Crippen molar-refractivity contribution in [1.29, 1.82) is 0 Å². The number of fused-ring (bicyclic) bond motifs is 2. The Hall–Kier alpha value is -3.55. The fourth-order valence-electron chi connectivity index (χ4n) is 3.39. The molecule has 8 heteroatoms. The first kappa shape index (κ1) is 15.7. The molecular weight excluding hydrogens is 342 g/mol. The van der Waals surface area contributed by atoms with Gasteiger partial charge in [0.25, 0.3) is 5.91 Å². The summed E-state index contributed by atoms with van der Waals surface area (Å²) < 4.78 is 4.01. The molecule has 0 atom stereocenters. The number of aromatic nitrogens is 6. The van der Waals surface area contributed by atoms with Crippen LogP contribution < -0.4 is 0 Å². The lowest BCUT2D eigenvalue weighted by Crippen LogP contribution is -2.37. The predicted octanol–water partition coefficient (Wildman–Crippen LogP) is 1.73. The van der Waals surface area contributed by atoms with Crippen LogP contribution in [0.3, 0.4) is 0 Å². The Morgan fingerprint density at radius 2 is 2.04 bits per heavy atom. The van der Waals surface area contributed by atoms with Crippen LogP contribution in [0.4, 0.5) is 0 Å². The van der Waals surface area contributed by atoms with Crippen LogP contribution >= 0.6 is 0 Å². The van der Waals surface area contributed by atoms with Gasteiger partial charge in [-0.25, -0.2) is 15.0 Å². The van der Waals surface area contributed by atoms with E-state index in [4.69, 9.17) is 0 Å². The van der Waals surface area contributed by atoms with Crippen LogP contribution in [0.25, 0.3) is 11.2 Å². The maximum absolute atomic E-state index is 12.9. The van der Waals surface area contributed by atoms with Crippen molar-refractivity contribution in [1.82, 2.24) is 34.0 Å². The van der Waals surface area contributed by atoms with Gasteiger partial charge in [-0.2, -0.15) is 0 Å². The van der Waals surface area contributed by atoms with E-state index < -0.39 is 0 Å². The number of nitrogens with zero attached hydrogens (tertiary/aromatic N) is 7. The van der Waals surface area contributed by atoms with Crippen LogP contribution in [-0.2, 0) is 19.6 Å². The number of carbonyl (C=O) groups is 1. The van der Waals surface area contributed by atoms with E-state index in [2.05, 4.69) is 24.5 Å². The lowest BCUT2D eigenvalue weighted by atomic mass is 10.2. The van der Waals surface area contributed by atoms with Crippen LogP contribution in [0.1, 0.15) is 21.7 Å². The van der Waals surface area contributed by atoms with Crippen LogP contribution in [0.5, 0.6) is 0 Å². The first-order chi connectivity index (χ1) is 13.3. The molecule has 27 heavy (non-hydrogen) atoms. The molecule has 0 saturated heterocycles. The third-order valence-corrected chi connectivity index (χ3v) is 4.81. The summed E-state index contributed by atoms with van der Waals surface area (Å²) in [5.74, 6) is -0.0314. The molecule has 0 N–H and O–H groups in total. The molecule has 4 aromatic heterocycles. The number of amides is 1. The van der Waals surface area contributed by atoms with Gasteiger partial charge in [0.15, 0.2) is 5.65 Å². The summed E-state index contributed by atoms with van der Waals surface area (Å²) in [6.07, 6.45) is 8.75. The van der Waals surface area contributed by atoms with Crippen LogP contribution in [0.15, 0.2) is 55.5 Å². The average Bonchev–Trinajstić information content (AvgIpc) is 3.34. The Kier molecular flexibility index (Phi) is 3.67. The Morgan fingerprint density at radius 1 is 1.07 bits per heavy atom. The monoisotopic (exact) mass is 359 g/mol. The quantitative estimate of drug-likeness (QED) is 0.556. The summed E-state index contributed by atoms with van der Waals surface area (Å²) in [6.45, 7) is 2.57. The van der Waals surface area contributed by atoms with Gasteiger partial charge in [0.05, 0.1) is 42.7 Å². The second-order valence-electron chi connectivity index (χ2n) is 6.57. The SMILES string of the molecule is O=C(c1cnc2c(c1)ncn2Cc1ccccn1)N1CCn2cncc2C1. The van der Waals surface area contributed by atoms with Crippen molar-refractivity contribution in [3.8, 4) is 0 Å². The van der Waals surface area contributed by atoms with E-state index >= 15 is 0 Å². The van der Waals surface area contributed by atoms with Crippen molar-refractivity contribution in [2.24, 2.45) is 0 Å². The van der Waals surface area contributed by atoms with E-state index in [-0.39, 0.29) is 5.91 Å². The Balaban J connectivity index is 1.40. The molecule has 1 aliphatic heterocycles. The van der Waals surface area contributed by atoms with Crippen molar-refractivity contribution in [2.75, 3.05) is 6.54 Å². The molecule has 0 spiro atoms. The molecule has 0 saturated carbocycles. The summed E-state index contributed by atoms with van der Waals surface area (Å²) in [6, 6.07) is 7.62. The molecule has 1 amide bonds. The van der Waals surface area contributed by atoms with Crippen molar-refractivity contribution >= 4 is 17.1 Å². The Bertz CT molecular complexity index is 1120. The third-order valence-electron chi connectivity index (χ3n) is 4.81. The van der Waals surface area contributed by atoms with Gasteiger partial charge in [0.1, 0.15) is 5.52 Å². The third kappa shape index (κ3) is 2.84. The molecule has 0 fully saturated rings. The molecule has 0 unspecified atom stereocenters. The van der Waals surface area contributed by atoms with Gasteiger partial charge in [-0.05, 0) is 18.2 Å². The highest BCUT2D eigenvalue weighted by atomic mass is 16.2. The number of hydrogen-bond acceptors (Lipinski definition) is 5. The highest BCUT2D eigenvalue weighted by Crippen LogP contribution is 2.18. The van der Waals surface area contributed by atoms with E-state index in [0.717, 1.165) is 23.6 Å². The number of hydrogen-bond donors (Lipinski definition) is 0. The molecule has 0 radical (unpaired) electrons. The highest BCUT2D eigenvalue weighted by molar-refractivity contribution is 5.96. The summed E-state index contributed by atoms with van der Waals surface area (Å²) >= 11 is 0. The van der Waals surface area contributed by atoms with Crippen molar-refractivity contribution in [3.05, 3.63) is 72.5 Å². The fourth-order valence-corrected chi connectivity index (χ4v) is 3.39. The van der Waals surface area contributed by atoms with Gasteiger partial charge in [0.2, 0.25) is 0 Å². The van der Waals surface area contributed by atoms with E-state index in [9.17, 15) is 4.79 Å². The zero-order chi connectivity index (χ0) is 18.2. The van der Waals surface area contributed by atoms with Gasteiger partial charge >= 0.3 is 0 Å². The molecule has 0 bridgehead atoms. The number of carbonyl (C=O) groups excluding carboxylic acids is 1. The Morgan fingerprint density at radius 3 is 2.93 bits per heavy atom. The second kappa shape index (κ2) is 6.31. The minimum atomic E-state index is -0.0314. The van der Waals surface area contributed by atoms with Crippen LogP contribution in [-0.4, -0.2) is 46.4 Å². The normalized spacial score (nSPS) is 13.7. The van der Waals surface area contributed by atoms with Gasteiger partial charge in [-0.1, -0.05) is 6.07 Å². The summed E-state index contributed by atoms with van der Waals surface area (Å²) in [5, 5.41) is 0. The molecule has 5 heterocycles. The van der Waals surface area contributed by atoms with E-state index in [1.54, 1.807) is 31.2 Å². The Labute approximate surface area is 155 Å². The smallest absolute Gasteiger partial charge is 0.255 e. The molecule has 1 aliphatic rings. The minimum absolute atomic E-state index is 0.0314. The van der Waals surface area contributed by atoms with Gasteiger partial charge in [-0.15, -0.1) is 0 Å². The average molecular weight is 359 g/mol. The van der Waals surface area contributed by atoms with E-state index in [0.29, 0.717) is 30.7 Å². The van der Waals surface area contributed by atoms with Crippen molar-refractivity contribution < 1.29 is 4.79 Å². The molecule has 134 valence electrons. The first-order valence-electron chi connectivity index (χ1n) is 8.77. The fraction of sp³-hybridized carbons (Fsp3) is 0.211. The number of imidazole rings is 2. The largest absolute Gasteiger partial charge is 0.331 e. The lowest BCUT2D eigenvalue weighted by Gasteiger charge is -2.28. The summed E-state index contributed by atoms with van der Waals surface area (Å²) in [7, 11) is 0. The van der Waals surface area contributed by atoms with Crippen molar-refractivity contribution in [3.63, 3.8) is 0 Å². The molecule has 0 aliphatic carbocycles. The van der Waals surface area contributed by atoms with Gasteiger partial charge in [0, 0.05) is 31.7 Å². The van der Waals surface area contributed by atoms with Gasteiger partial charge < -0.3 is 14.0 Å². The van der Waals surface area contributed by atoms with E-state index in [1.165, 1.54) is 0 Å². The lowest BCUT2D eigenvalue weighted by molar-refractivity contribution is 0.0711. The standard InChI is InChI=1S/C19H17N7O/c27-19(24-5-6-25-12-20-9-16(25)11-24)14-7-17-18(22-8-14)26(13-23-17)10-15-3-1-2-4-21-15/h1-4,7-9,12-13H,5-6,10-11H2. The van der Waals surface area contributed by atoms with Crippen LogP contribution in [0, 0.1) is 0 Å². The zero-order valence-corrected chi connectivity index (χ0v) is 14.6. The highest BCUT2D eigenvalue weighted by Gasteiger charge is 2.22. The van der Waals surface area contributed by atoms with Gasteiger partial charge in [-0.3, -0.25) is 9.78 Å². The minimum Gasteiger partial charge on any atom is -0.331 e. The first-order valence-corrected chi connectivity index (χ1v) is 8.77. The molecule has 8 nitrogen and oxygen atoms in total. The molecule has 5 rings (SSSR count). The number of pyridine rings is 2. The molecule has 0 aromatic carbocycles. The number of rotatable bonds is 3. The zero-order valence-electron chi connectivity index (χ0n) is 14.6. The molecular formula is C19H17N7O. The van der Waals surface area contributed by atoms with Crippen LogP contribution in [0.2, 0.25) is 0 Å². The summed E-state index contributed by atoms with van der Waals surface area (Å²) in [5.41, 5.74) is 3.98. The summed E-state index contributed by atoms with van der Waals surface area (Å²) in [4.78, 5) is 32.1. The second-order valence-corrected chi connectivity index (χ2v) is 6.57. The maximum atomic E-state index is 12.9. The van der Waals surface area contributed by atoms with Crippen molar-refractivity contribution in [2.45, 2.75) is 19.6 Å².